The maximum atomic E-state index is 5.83. The third kappa shape index (κ3) is 5.03. The Kier molecular flexibility index (Phi) is 7.24. The molecular weight excluding hydrogens is 392 g/mol. The molecule has 0 spiro atoms. The molecule has 0 aliphatic heterocycles. The summed E-state index contributed by atoms with van der Waals surface area (Å²) in [7, 11) is 3.52. The number of hydrogen-bond donors (Lipinski definition) is 0. The van der Waals surface area contributed by atoms with Gasteiger partial charge in [0.1, 0.15) is 11.5 Å². The van der Waals surface area contributed by atoms with Crippen molar-refractivity contribution < 1.29 is 9.47 Å². The summed E-state index contributed by atoms with van der Waals surface area (Å²) < 4.78 is 11.7. The number of hydrogen-bond acceptors (Lipinski definition) is 2. The second kappa shape index (κ2) is 10.7. The van der Waals surface area contributed by atoms with Crippen molar-refractivity contribution in [2.75, 3.05) is 14.2 Å². The van der Waals surface area contributed by atoms with Gasteiger partial charge in [-0.2, -0.15) is 0 Å². The zero-order chi connectivity index (χ0) is 22.2. The minimum absolute atomic E-state index is 0.213. The van der Waals surface area contributed by atoms with E-state index in [9.17, 15) is 0 Å². The first kappa shape index (κ1) is 21.7. The fraction of sp³-hybridized carbons (Fsp3) is 0.200. The van der Waals surface area contributed by atoms with E-state index < -0.39 is 0 Å². The molecule has 162 valence electrons. The second-order valence-corrected chi connectivity index (χ2v) is 8.08. The lowest BCUT2D eigenvalue weighted by Gasteiger charge is -2.31. The zero-order valence-electron chi connectivity index (χ0n) is 18.8. The minimum atomic E-state index is 0.213. The lowest BCUT2D eigenvalue weighted by Crippen LogP contribution is -2.18. The Morgan fingerprint density at radius 2 is 0.812 bits per heavy atom. The molecule has 0 radical (unpaired) electrons. The van der Waals surface area contributed by atoms with Crippen molar-refractivity contribution in [3.63, 3.8) is 0 Å². The highest BCUT2D eigenvalue weighted by atomic mass is 16.5. The van der Waals surface area contributed by atoms with Crippen LogP contribution < -0.4 is 9.47 Å². The Balaban J connectivity index is 1.87. The highest BCUT2D eigenvalue weighted by Crippen LogP contribution is 2.44. The monoisotopic (exact) mass is 422 g/mol. The highest BCUT2D eigenvalue weighted by Gasteiger charge is 2.29. The van der Waals surface area contributed by atoms with Crippen molar-refractivity contribution in [3.8, 4) is 11.5 Å². The van der Waals surface area contributed by atoms with Gasteiger partial charge in [-0.25, -0.2) is 0 Å². The van der Waals surface area contributed by atoms with Crippen molar-refractivity contribution >= 4 is 0 Å². The fourth-order valence-electron chi connectivity index (χ4n) is 4.62. The summed E-state index contributed by atoms with van der Waals surface area (Å²) in [5.41, 5.74) is 5.09. The van der Waals surface area contributed by atoms with Crippen LogP contribution in [0.4, 0.5) is 0 Å². The molecule has 32 heavy (non-hydrogen) atoms. The first-order valence-electron chi connectivity index (χ1n) is 11.1. The van der Waals surface area contributed by atoms with E-state index in [1.807, 2.05) is 12.1 Å². The molecule has 0 amide bonds. The van der Waals surface area contributed by atoms with Gasteiger partial charge in [0.15, 0.2) is 0 Å². The Morgan fingerprint density at radius 3 is 1.19 bits per heavy atom. The van der Waals surface area contributed by atoms with Crippen LogP contribution in [-0.4, -0.2) is 14.2 Å². The smallest absolute Gasteiger partial charge is 0.122 e. The average molecular weight is 423 g/mol. The molecule has 4 rings (SSSR count). The molecular formula is C30H30O2. The molecule has 0 N–H and O–H groups in total. The number of methoxy groups -OCH3 is 2. The minimum Gasteiger partial charge on any atom is -0.496 e. The van der Waals surface area contributed by atoms with E-state index >= 15 is 0 Å². The lowest BCUT2D eigenvalue weighted by atomic mass is 9.74. The van der Waals surface area contributed by atoms with Crippen molar-refractivity contribution in [3.05, 3.63) is 131 Å². The van der Waals surface area contributed by atoms with Gasteiger partial charge in [-0.1, -0.05) is 97.1 Å². The number of ether oxygens (including phenoxy) is 2. The van der Waals surface area contributed by atoms with Crippen LogP contribution in [0.2, 0.25) is 0 Å². The summed E-state index contributed by atoms with van der Waals surface area (Å²) in [6.07, 6.45) is 1.83. The van der Waals surface area contributed by atoms with E-state index in [1.54, 1.807) is 14.2 Å². The summed E-state index contributed by atoms with van der Waals surface area (Å²) in [4.78, 5) is 0. The van der Waals surface area contributed by atoms with Crippen LogP contribution in [0.15, 0.2) is 109 Å². The molecule has 4 aromatic carbocycles. The largest absolute Gasteiger partial charge is 0.496 e. The zero-order valence-corrected chi connectivity index (χ0v) is 18.8. The summed E-state index contributed by atoms with van der Waals surface area (Å²) in [6, 6.07) is 38.3. The maximum absolute atomic E-state index is 5.83. The van der Waals surface area contributed by atoms with Gasteiger partial charge in [-0.05, 0) is 59.1 Å². The van der Waals surface area contributed by atoms with Gasteiger partial charge in [-0.3, -0.25) is 0 Å². The molecule has 0 saturated heterocycles. The first-order valence-corrected chi connectivity index (χ1v) is 11.1. The predicted molar refractivity (Wildman–Crippen MR) is 132 cm³/mol. The number of rotatable bonds is 9. The summed E-state index contributed by atoms with van der Waals surface area (Å²) >= 11 is 0. The SMILES string of the molecule is COc1ccccc1C(Cc1ccccc1)C(Cc1ccccc1)c1ccccc1OC. The van der Waals surface area contributed by atoms with Gasteiger partial charge in [0.25, 0.3) is 0 Å². The third-order valence-electron chi connectivity index (χ3n) is 6.16. The average Bonchev–Trinajstić information content (AvgIpc) is 2.87. The van der Waals surface area contributed by atoms with Crippen LogP contribution in [-0.2, 0) is 12.8 Å². The molecule has 2 heteroatoms. The quantitative estimate of drug-likeness (QED) is 0.287. The van der Waals surface area contributed by atoms with Crippen molar-refractivity contribution in [2.24, 2.45) is 0 Å². The van der Waals surface area contributed by atoms with Gasteiger partial charge in [0.05, 0.1) is 14.2 Å². The molecule has 0 aliphatic carbocycles. The van der Waals surface area contributed by atoms with E-state index in [2.05, 4.69) is 97.1 Å². The van der Waals surface area contributed by atoms with Crippen LogP contribution in [0.5, 0.6) is 11.5 Å². The van der Waals surface area contributed by atoms with Crippen molar-refractivity contribution in [1.29, 1.82) is 0 Å². The van der Waals surface area contributed by atoms with Gasteiger partial charge in [0.2, 0.25) is 0 Å². The second-order valence-electron chi connectivity index (χ2n) is 8.08. The molecule has 0 saturated carbocycles. The summed E-state index contributed by atoms with van der Waals surface area (Å²) in [6.45, 7) is 0. The Bertz CT molecular complexity index is 1010. The first-order chi connectivity index (χ1) is 15.8. The molecule has 0 aliphatic rings. The normalized spacial score (nSPS) is 12.7. The molecule has 0 bridgehead atoms. The van der Waals surface area contributed by atoms with Crippen LogP contribution in [0.25, 0.3) is 0 Å². The lowest BCUT2D eigenvalue weighted by molar-refractivity contribution is 0.387. The molecule has 0 heterocycles. The van der Waals surface area contributed by atoms with Crippen LogP contribution in [0.1, 0.15) is 34.1 Å². The molecule has 2 unspecified atom stereocenters. The predicted octanol–water partition coefficient (Wildman–Crippen LogP) is 7.06. The topological polar surface area (TPSA) is 18.5 Å². The molecule has 4 aromatic rings. The van der Waals surface area contributed by atoms with E-state index in [0.29, 0.717) is 0 Å². The molecule has 0 fully saturated rings. The number of para-hydroxylation sites is 2. The summed E-state index contributed by atoms with van der Waals surface area (Å²) in [5.74, 6) is 2.29. The van der Waals surface area contributed by atoms with Gasteiger partial charge in [0, 0.05) is 0 Å². The van der Waals surface area contributed by atoms with Gasteiger partial charge >= 0.3 is 0 Å². The Morgan fingerprint density at radius 1 is 0.469 bits per heavy atom. The van der Waals surface area contributed by atoms with E-state index in [-0.39, 0.29) is 11.8 Å². The van der Waals surface area contributed by atoms with Crippen molar-refractivity contribution in [2.45, 2.75) is 24.7 Å². The molecule has 0 aromatic heterocycles. The standard InChI is InChI=1S/C30H30O2/c1-31-29-19-11-9-17-25(29)27(21-23-13-5-3-6-14-23)28(22-24-15-7-4-8-16-24)26-18-10-12-20-30(26)32-2/h3-20,27-28H,21-22H2,1-2H3. The molecule has 2 nitrogen and oxygen atoms in total. The molecule has 2 atom stereocenters. The van der Waals surface area contributed by atoms with Crippen LogP contribution in [0, 0.1) is 0 Å². The van der Waals surface area contributed by atoms with Gasteiger partial charge < -0.3 is 9.47 Å². The van der Waals surface area contributed by atoms with E-state index in [4.69, 9.17) is 9.47 Å². The summed E-state index contributed by atoms with van der Waals surface area (Å²) in [5, 5.41) is 0. The Labute approximate surface area is 191 Å². The van der Waals surface area contributed by atoms with Crippen LogP contribution >= 0.6 is 0 Å². The third-order valence-corrected chi connectivity index (χ3v) is 6.16. The maximum Gasteiger partial charge on any atom is 0.122 e. The fourth-order valence-corrected chi connectivity index (χ4v) is 4.62. The van der Waals surface area contributed by atoms with E-state index in [0.717, 1.165) is 24.3 Å². The van der Waals surface area contributed by atoms with Crippen LogP contribution in [0.3, 0.4) is 0 Å². The highest BCUT2D eigenvalue weighted by molar-refractivity contribution is 5.45. The van der Waals surface area contributed by atoms with Gasteiger partial charge in [-0.15, -0.1) is 0 Å². The Hall–Kier alpha value is -3.52. The van der Waals surface area contributed by atoms with Crippen molar-refractivity contribution in [1.82, 2.24) is 0 Å². The van der Waals surface area contributed by atoms with E-state index in [1.165, 1.54) is 22.3 Å². The number of benzene rings is 4.